The molecule has 6 heteroatoms. The van der Waals surface area contributed by atoms with E-state index in [9.17, 15) is 5.11 Å². The van der Waals surface area contributed by atoms with Crippen molar-refractivity contribution >= 4 is 5.69 Å². The highest BCUT2D eigenvalue weighted by molar-refractivity contribution is 5.45. The van der Waals surface area contributed by atoms with Crippen LogP contribution in [0, 0.1) is 0 Å². The highest BCUT2D eigenvalue weighted by Gasteiger charge is 2.07. The van der Waals surface area contributed by atoms with Crippen molar-refractivity contribution < 1.29 is 19.3 Å². The van der Waals surface area contributed by atoms with Gasteiger partial charge in [0.1, 0.15) is 18.5 Å². The maximum atomic E-state index is 10.0. The maximum absolute atomic E-state index is 10.0. The first-order valence-electron chi connectivity index (χ1n) is 8.66. The monoisotopic (exact) mass is 360 g/mol. The zero-order valence-corrected chi connectivity index (χ0v) is 15.6. The van der Waals surface area contributed by atoms with Crippen molar-refractivity contribution in [3.8, 4) is 17.2 Å². The summed E-state index contributed by atoms with van der Waals surface area (Å²) >= 11 is 0. The van der Waals surface area contributed by atoms with Crippen LogP contribution in [0.1, 0.15) is 5.56 Å². The topological polar surface area (TPSA) is 72.0 Å². The molecule has 6 nitrogen and oxygen atoms in total. The Morgan fingerprint density at radius 2 is 1.73 bits per heavy atom. The van der Waals surface area contributed by atoms with Crippen molar-refractivity contribution in [3.63, 3.8) is 0 Å². The molecule has 0 fully saturated rings. The number of rotatable bonds is 11. The lowest BCUT2D eigenvalue weighted by Gasteiger charge is -2.14. The molecule has 0 bridgehead atoms. The lowest BCUT2D eigenvalue weighted by Crippen LogP contribution is -2.32. The Labute approximate surface area is 155 Å². The van der Waals surface area contributed by atoms with E-state index in [0.29, 0.717) is 6.54 Å². The molecule has 0 aliphatic carbocycles. The Bertz CT molecular complexity index is 661. The van der Waals surface area contributed by atoms with E-state index in [-0.39, 0.29) is 6.61 Å². The fourth-order valence-electron chi connectivity index (χ4n) is 2.51. The summed E-state index contributed by atoms with van der Waals surface area (Å²) in [7, 11) is 5.12. The van der Waals surface area contributed by atoms with Gasteiger partial charge in [-0.15, -0.1) is 0 Å². The summed E-state index contributed by atoms with van der Waals surface area (Å²) in [6.07, 6.45) is 0.267. The third-order valence-corrected chi connectivity index (χ3v) is 4.00. The van der Waals surface area contributed by atoms with Gasteiger partial charge in [-0.1, -0.05) is 6.07 Å². The molecule has 3 N–H and O–H groups in total. The predicted octanol–water partition coefficient (Wildman–Crippen LogP) is 2.32. The number of hydrogen-bond donors (Lipinski definition) is 3. The van der Waals surface area contributed by atoms with E-state index in [0.717, 1.165) is 41.5 Å². The molecule has 1 unspecified atom stereocenters. The van der Waals surface area contributed by atoms with Crippen LogP contribution in [0.2, 0.25) is 0 Å². The van der Waals surface area contributed by atoms with E-state index in [2.05, 4.69) is 10.6 Å². The number of aliphatic hydroxyl groups excluding tert-OH is 1. The highest BCUT2D eigenvalue weighted by atomic mass is 16.5. The van der Waals surface area contributed by atoms with Gasteiger partial charge in [-0.25, -0.2) is 0 Å². The highest BCUT2D eigenvalue weighted by Crippen LogP contribution is 2.27. The molecule has 0 heterocycles. The number of benzene rings is 2. The second-order valence-corrected chi connectivity index (χ2v) is 5.88. The van der Waals surface area contributed by atoms with E-state index >= 15 is 0 Å². The summed E-state index contributed by atoms with van der Waals surface area (Å²) in [4.78, 5) is 0. The molecule has 0 aliphatic rings. The van der Waals surface area contributed by atoms with Gasteiger partial charge >= 0.3 is 0 Å². The second-order valence-electron chi connectivity index (χ2n) is 5.88. The van der Waals surface area contributed by atoms with Crippen LogP contribution < -0.4 is 24.8 Å². The van der Waals surface area contributed by atoms with Crippen molar-refractivity contribution in [2.75, 3.05) is 46.3 Å². The van der Waals surface area contributed by atoms with Crippen LogP contribution in [-0.4, -0.2) is 52.2 Å². The van der Waals surface area contributed by atoms with Crippen LogP contribution in [0.5, 0.6) is 17.2 Å². The van der Waals surface area contributed by atoms with Crippen molar-refractivity contribution in [1.82, 2.24) is 5.32 Å². The Balaban J connectivity index is 1.67. The molecule has 0 aromatic heterocycles. The minimum atomic E-state index is -0.565. The number of nitrogens with one attached hydrogen (secondary N) is 2. The Morgan fingerprint density at radius 3 is 2.38 bits per heavy atom. The van der Waals surface area contributed by atoms with Crippen LogP contribution in [0.3, 0.4) is 0 Å². The molecule has 26 heavy (non-hydrogen) atoms. The van der Waals surface area contributed by atoms with E-state index in [1.54, 1.807) is 14.2 Å². The first-order chi connectivity index (χ1) is 12.7. The van der Waals surface area contributed by atoms with E-state index in [1.807, 2.05) is 49.5 Å². The zero-order valence-electron chi connectivity index (χ0n) is 15.6. The van der Waals surface area contributed by atoms with Gasteiger partial charge in [0, 0.05) is 19.3 Å². The summed E-state index contributed by atoms with van der Waals surface area (Å²) < 4.78 is 16.1. The number of anilines is 1. The van der Waals surface area contributed by atoms with Gasteiger partial charge in [0.15, 0.2) is 11.5 Å². The van der Waals surface area contributed by atoms with Gasteiger partial charge in [0.05, 0.1) is 14.2 Å². The molecule has 0 saturated heterocycles. The molecule has 2 aromatic carbocycles. The van der Waals surface area contributed by atoms with Crippen molar-refractivity contribution in [3.05, 3.63) is 48.0 Å². The van der Waals surface area contributed by atoms with Gasteiger partial charge in [-0.2, -0.15) is 0 Å². The summed E-state index contributed by atoms with van der Waals surface area (Å²) in [5.41, 5.74) is 2.17. The lowest BCUT2D eigenvalue weighted by molar-refractivity contribution is 0.106. The normalized spacial score (nSPS) is 11.7. The molecule has 2 rings (SSSR count). The summed E-state index contributed by atoms with van der Waals surface area (Å²) in [5.74, 6) is 2.19. The fourth-order valence-corrected chi connectivity index (χ4v) is 2.51. The van der Waals surface area contributed by atoms with Crippen molar-refractivity contribution in [2.45, 2.75) is 12.5 Å². The molecule has 142 valence electrons. The number of aliphatic hydroxyl groups is 1. The van der Waals surface area contributed by atoms with Gasteiger partial charge in [-0.05, 0) is 54.9 Å². The third kappa shape index (κ3) is 6.13. The quantitative estimate of drug-likeness (QED) is 0.534. The zero-order chi connectivity index (χ0) is 18.8. The summed E-state index contributed by atoms with van der Waals surface area (Å²) in [6, 6.07) is 13.5. The minimum absolute atomic E-state index is 0.252. The summed E-state index contributed by atoms with van der Waals surface area (Å²) in [5, 5.41) is 16.3. The molecule has 0 aliphatic heterocycles. The third-order valence-electron chi connectivity index (χ3n) is 4.00. The standard InChI is InChI=1S/C20H28N2O4/c1-21-16-5-7-18(8-6-16)26-14-17(23)13-22-11-10-15-4-9-19(24-2)20(12-15)25-3/h4-9,12,17,21-23H,10-11,13-14H2,1-3H3. The van der Waals surface area contributed by atoms with Gasteiger partial charge in [0.2, 0.25) is 0 Å². The maximum Gasteiger partial charge on any atom is 0.160 e. The lowest BCUT2D eigenvalue weighted by atomic mass is 10.1. The Hall–Kier alpha value is -2.44. The van der Waals surface area contributed by atoms with Crippen LogP contribution in [-0.2, 0) is 6.42 Å². The van der Waals surface area contributed by atoms with E-state index in [1.165, 1.54) is 0 Å². The molecular formula is C20H28N2O4. The van der Waals surface area contributed by atoms with Gasteiger partial charge in [-0.3, -0.25) is 0 Å². The van der Waals surface area contributed by atoms with E-state index in [4.69, 9.17) is 14.2 Å². The first kappa shape index (κ1) is 19.9. The molecule has 0 amide bonds. The van der Waals surface area contributed by atoms with Crippen molar-refractivity contribution in [1.29, 1.82) is 0 Å². The molecular weight excluding hydrogens is 332 g/mol. The molecule has 1 atom stereocenters. The second kappa shape index (κ2) is 10.5. The van der Waals surface area contributed by atoms with Crippen LogP contribution in [0.4, 0.5) is 5.69 Å². The minimum Gasteiger partial charge on any atom is -0.493 e. The smallest absolute Gasteiger partial charge is 0.160 e. The van der Waals surface area contributed by atoms with Gasteiger partial charge < -0.3 is 30.0 Å². The Morgan fingerprint density at radius 1 is 1.00 bits per heavy atom. The average molecular weight is 360 g/mol. The molecule has 0 radical (unpaired) electrons. The van der Waals surface area contributed by atoms with Crippen LogP contribution in [0.15, 0.2) is 42.5 Å². The molecule has 0 spiro atoms. The average Bonchev–Trinajstić information content (AvgIpc) is 2.69. The first-order valence-corrected chi connectivity index (χ1v) is 8.66. The van der Waals surface area contributed by atoms with Crippen LogP contribution >= 0.6 is 0 Å². The van der Waals surface area contributed by atoms with Gasteiger partial charge in [0.25, 0.3) is 0 Å². The molecule has 2 aromatic rings. The fraction of sp³-hybridized carbons (Fsp3) is 0.400. The summed E-state index contributed by atoms with van der Waals surface area (Å²) in [6.45, 7) is 1.48. The number of methoxy groups -OCH3 is 2. The largest absolute Gasteiger partial charge is 0.493 e. The number of hydrogen-bond acceptors (Lipinski definition) is 6. The van der Waals surface area contributed by atoms with Crippen molar-refractivity contribution in [2.24, 2.45) is 0 Å². The SMILES string of the molecule is CNc1ccc(OCC(O)CNCCc2ccc(OC)c(OC)c2)cc1. The molecule has 0 saturated carbocycles. The van der Waals surface area contributed by atoms with Crippen LogP contribution in [0.25, 0.3) is 0 Å². The van der Waals surface area contributed by atoms with E-state index < -0.39 is 6.10 Å². The Kier molecular flexibility index (Phi) is 8.05. The predicted molar refractivity (Wildman–Crippen MR) is 104 cm³/mol. The number of ether oxygens (including phenoxy) is 3.